The van der Waals surface area contributed by atoms with Crippen molar-refractivity contribution >= 4 is 26.8 Å². The molecular weight excluding hydrogens is 293 g/mol. The predicted molar refractivity (Wildman–Crippen MR) is 62.1 cm³/mol. The fourth-order valence-corrected chi connectivity index (χ4v) is 2.23. The van der Waals surface area contributed by atoms with Crippen LogP contribution in [-0.4, -0.2) is 15.2 Å². The molecule has 0 amide bonds. The molecule has 0 aliphatic heterocycles. The summed E-state index contributed by atoms with van der Waals surface area (Å²) in [5.41, 5.74) is 0.852. The maximum atomic E-state index is 13.5. The number of aromatic amines is 2. The normalized spacial score (nSPS) is 11.2. The van der Waals surface area contributed by atoms with Gasteiger partial charge in [0.15, 0.2) is 0 Å². The SMILES string of the molecule is O=c1[nH]nc(-c2c[nH]c3c(F)ccc(Br)c23)o1. The van der Waals surface area contributed by atoms with Gasteiger partial charge >= 0.3 is 5.76 Å². The minimum Gasteiger partial charge on any atom is -0.388 e. The van der Waals surface area contributed by atoms with Gasteiger partial charge in [-0.25, -0.2) is 14.3 Å². The highest BCUT2D eigenvalue weighted by Crippen LogP contribution is 2.33. The molecule has 7 heteroatoms. The second kappa shape index (κ2) is 3.56. The number of hydrogen-bond acceptors (Lipinski definition) is 3. The summed E-state index contributed by atoms with van der Waals surface area (Å²) in [5.74, 6) is -0.915. The molecule has 2 N–H and O–H groups in total. The van der Waals surface area contributed by atoms with Crippen LogP contribution in [-0.2, 0) is 0 Å². The zero-order valence-corrected chi connectivity index (χ0v) is 9.84. The van der Waals surface area contributed by atoms with E-state index in [2.05, 4.69) is 31.1 Å². The number of nitrogens with one attached hydrogen (secondary N) is 2. The second-order valence-electron chi connectivity index (χ2n) is 3.40. The number of rotatable bonds is 1. The molecule has 5 nitrogen and oxygen atoms in total. The first-order chi connectivity index (χ1) is 8.16. The van der Waals surface area contributed by atoms with E-state index in [1.807, 2.05) is 0 Å². The first-order valence-corrected chi connectivity index (χ1v) is 5.47. The van der Waals surface area contributed by atoms with Crippen LogP contribution in [0.2, 0.25) is 0 Å². The van der Waals surface area contributed by atoms with Crippen molar-refractivity contribution in [1.29, 1.82) is 0 Å². The maximum absolute atomic E-state index is 13.5. The van der Waals surface area contributed by atoms with Crippen LogP contribution in [0.5, 0.6) is 0 Å². The van der Waals surface area contributed by atoms with Gasteiger partial charge in [-0.3, -0.25) is 0 Å². The predicted octanol–water partition coefficient (Wildman–Crippen LogP) is 2.41. The number of hydrogen-bond donors (Lipinski definition) is 2. The highest BCUT2D eigenvalue weighted by molar-refractivity contribution is 9.10. The lowest BCUT2D eigenvalue weighted by Gasteiger charge is -1.97. The number of aromatic nitrogens is 3. The Morgan fingerprint density at radius 3 is 2.94 bits per heavy atom. The van der Waals surface area contributed by atoms with Crippen molar-refractivity contribution < 1.29 is 8.81 Å². The second-order valence-corrected chi connectivity index (χ2v) is 4.25. The fraction of sp³-hybridized carbons (Fsp3) is 0. The van der Waals surface area contributed by atoms with Crippen molar-refractivity contribution in [3.8, 4) is 11.5 Å². The Kier molecular flexibility index (Phi) is 2.15. The third-order valence-electron chi connectivity index (χ3n) is 2.40. The van der Waals surface area contributed by atoms with Crippen LogP contribution in [0.3, 0.4) is 0 Å². The molecule has 0 saturated heterocycles. The Morgan fingerprint density at radius 1 is 1.41 bits per heavy atom. The summed E-state index contributed by atoms with van der Waals surface area (Å²) in [6, 6.07) is 2.92. The molecule has 0 aliphatic rings. The minimum atomic E-state index is -0.651. The van der Waals surface area contributed by atoms with E-state index in [1.54, 1.807) is 6.07 Å². The third kappa shape index (κ3) is 1.50. The fourth-order valence-electron chi connectivity index (χ4n) is 1.69. The highest BCUT2D eigenvalue weighted by Gasteiger charge is 2.16. The molecule has 0 radical (unpaired) electrons. The molecule has 86 valence electrons. The average molecular weight is 298 g/mol. The van der Waals surface area contributed by atoms with Gasteiger partial charge in [0, 0.05) is 16.1 Å². The summed E-state index contributed by atoms with van der Waals surface area (Å²) < 4.78 is 19.1. The molecule has 0 atom stereocenters. The van der Waals surface area contributed by atoms with E-state index in [0.717, 1.165) is 0 Å². The zero-order chi connectivity index (χ0) is 12.0. The van der Waals surface area contributed by atoms with Gasteiger partial charge in [0.25, 0.3) is 5.89 Å². The lowest BCUT2D eigenvalue weighted by Crippen LogP contribution is -1.93. The lowest BCUT2D eigenvalue weighted by molar-refractivity contribution is 0.527. The molecule has 3 rings (SSSR count). The van der Waals surface area contributed by atoms with E-state index in [-0.39, 0.29) is 11.7 Å². The lowest BCUT2D eigenvalue weighted by atomic mass is 10.2. The highest BCUT2D eigenvalue weighted by atomic mass is 79.9. The molecule has 2 aromatic heterocycles. The van der Waals surface area contributed by atoms with Crippen molar-refractivity contribution in [3.05, 3.63) is 39.2 Å². The summed E-state index contributed by atoms with van der Waals surface area (Å²) in [4.78, 5) is 13.7. The quantitative estimate of drug-likeness (QED) is 0.724. The molecule has 0 saturated carbocycles. The van der Waals surface area contributed by atoms with Crippen LogP contribution in [0.25, 0.3) is 22.4 Å². The topological polar surface area (TPSA) is 74.7 Å². The summed E-state index contributed by atoms with van der Waals surface area (Å²) in [5, 5.41) is 6.46. The van der Waals surface area contributed by atoms with E-state index in [9.17, 15) is 9.18 Å². The van der Waals surface area contributed by atoms with E-state index in [4.69, 9.17) is 4.42 Å². The Balaban J connectivity index is 2.38. The summed E-state index contributed by atoms with van der Waals surface area (Å²) in [6.07, 6.45) is 1.54. The Morgan fingerprint density at radius 2 is 2.24 bits per heavy atom. The molecule has 0 spiro atoms. The van der Waals surface area contributed by atoms with Crippen LogP contribution in [0.4, 0.5) is 4.39 Å². The monoisotopic (exact) mass is 297 g/mol. The van der Waals surface area contributed by atoms with Gasteiger partial charge in [0.1, 0.15) is 5.82 Å². The standard InChI is InChI=1S/C10H5BrFN3O2/c11-5-1-2-6(12)8-7(5)4(3-13-8)9-14-15-10(16)17-9/h1-3,13H,(H,15,16). The van der Waals surface area contributed by atoms with Crippen LogP contribution in [0.15, 0.2) is 32.0 Å². The number of halogens is 2. The molecule has 17 heavy (non-hydrogen) atoms. The van der Waals surface area contributed by atoms with Gasteiger partial charge in [-0.2, -0.15) is 0 Å². The van der Waals surface area contributed by atoms with Gasteiger partial charge < -0.3 is 9.40 Å². The largest absolute Gasteiger partial charge is 0.434 e. The van der Waals surface area contributed by atoms with Crippen molar-refractivity contribution in [2.75, 3.05) is 0 Å². The van der Waals surface area contributed by atoms with E-state index in [0.29, 0.717) is 20.9 Å². The molecule has 1 aromatic carbocycles. The smallest absolute Gasteiger partial charge is 0.388 e. The van der Waals surface area contributed by atoms with Gasteiger partial charge in [-0.15, -0.1) is 5.10 Å². The van der Waals surface area contributed by atoms with Crippen molar-refractivity contribution in [3.63, 3.8) is 0 Å². The molecule has 2 heterocycles. The number of H-pyrrole nitrogens is 2. The summed E-state index contributed by atoms with van der Waals surface area (Å²) in [7, 11) is 0. The van der Waals surface area contributed by atoms with Gasteiger partial charge in [-0.05, 0) is 12.1 Å². The third-order valence-corrected chi connectivity index (χ3v) is 3.06. The van der Waals surface area contributed by atoms with Crippen LogP contribution < -0.4 is 5.76 Å². The van der Waals surface area contributed by atoms with Crippen LogP contribution >= 0.6 is 15.9 Å². The van der Waals surface area contributed by atoms with Gasteiger partial charge in [0.05, 0.1) is 11.1 Å². The summed E-state index contributed by atoms with van der Waals surface area (Å²) >= 11 is 3.32. The van der Waals surface area contributed by atoms with E-state index >= 15 is 0 Å². The number of nitrogens with zero attached hydrogens (tertiary/aromatic N) is 1. The zero-order valence-electron chi connectivity index (χ0n) is 8.25. The van der Waals surface area contributed by atoms with Crippen molar-refractivity contribution in [2.24, 2.45) is 0 Å². The summed E-state index contributed by atoms with van der Waals surface area (Å²) in [6.45, 7) is 0. The van der Waals surface area contributed by atoms with Gasteiger partial charge in [-0.1, -0.05) is 15.9 Å². The molecule has 0 unspecified atom stereocenters. The number of fused-ring (bicyclic) bond motifs is 1. The Bertz CT molecular complexity index is 758. The van der Waals surface area contributed by atoms with E-state index in [1.165, 1.54) is 12.3 Å². The van der Waals surface area contributed by atoms with Gasteiger partial charge in [0.2, 0.25) is 0 Å². The average Bonchev–Trinajstić information content (AvgIpc) is 2.89. The molecule has 0 fully saturated rings. The van der Waals surface area contributed by atoms with Crippen molar-refractivity contribution in [2.45, 2.75) is 0 Å². The molecule has 0 bridgehead atoms. The maximum Gasteiger partial charge on any atom is 0.434 e. The first kappa shape index (κ1) is 10.3. The van der Waals surface area contributed by atoms with Crippen LogP contribution in [0, 0.1) is 5.82 Å². The molecule has 3 aromatic rings. The van der Waals surface area contributed by atoms with Crippen LogP contribution in [0.1, 0.15) is 0 Å². The minimum absolute atomic E-state index is 0.118. The molecular formula is C10H5BrFN3O2. The van der Waals surface area contributed by atoms with Crippen molar-refractivity contribution in [1.82, 2.24) is 15.2 Å². The van der Waals surface area contributed by atoms with E-state index < -0.39 is 5.76 Å². The first-order valence-electron chi connectivity index (χ1n) is 4.68. The molecule has 0 aliphatic carbocycles. The Labute approximate surface area is 102 Å². The Hall–Kier alpha value is -1.89. The number of benzene rings is 1.